The highest BCUT2D eigenvalue weighted by molar-refractivity contribution is 9.10. The van der Waals surface area contributed by atoms with Crippen LogP contribution in [0.5, 0.6) is 11.5 Å². The maximum atomic E-state index is 12.9. The number of nitrogens with zero attached hydrogens (tertiary/aromatic N) is 2. The quantitative estimate of drug-likeness (QED) is 0.340. The zero-order chi connectivity index (χ0) is 19.9. The van der Waals surface area contributed by atoms with Crippen LogP contribution in [0.3, 0.4) is 0 Å². The van der Waals surface area contributed by atoms with Crippen molar-refractivity contribution in [2.24, 2.45) is 10.2 Å². The standard InChI is InChI=1S/C22H17BrN2O3/c1-28-19-13-15(12-18(23)22(19)27)14-24-25-20(16-8-4-2-5-9-16)21(26)17-10-6-3-7-11-17/h2-14,27H,1H3/b24-14+,25-20+. The molecule has 0 aromatic heterocycles. The molecule has 0 aliphatic heterocycles. The minimum atomic E-state index is -0.214. The summed E-state index contributed by atoms with van der Waals surface area (Å²) in [6, 6.07) is 21.4. The highest BCUT2D eigenvalue weighted by atomic mass is 79.9. The third-order valence-corrected chi connectivity index (χ3v) is 4.54. The minimum Gasteiger partial charge on any atom is -0.503 e. The van der Waals surface area contributed by atoms with Gasteiger partial charge in [-0.3, -0.25) is 4.79 Å². The zero-order valence-corrected chi connectivity index (χ0v) is 16.6. The number of methoxy groups -OCH3 is 1. The first-order chi connectivity index (χ1) is 13.6. The number of phenols is 1. The van der Waals surface area contributed by atoms with Crippen molar-refractivity contribution in [1.29, 1.82) is 0 Å². The Hall–Kier alpha value is -3.25. The minimum absolute atomic E-state index is 0.00683. The molecule has 5 nitrogen and oxygen atoms in total. The van der Waals surface area contributed by atoms with Gasteiger partial charge in [0.15, 0.2) is 11.5 Å². The molecule has 0 saturated heterocycles. The molecule has 0 bridgehead atoms. The molecule has 0 atom stereocenters. The number of carbonyl (C=O) groups is 1. The molecule has 0 aliphatic carbocycles. The van der Waals surface area contributed by atoms with Crippen molar-refractivity contribution in [3.05, 3.63) is 94.0 Å². The number of halogens is 1. The van der Waals surface area contributed by atoms with Gasteiger partial charge in [0.05, 0.1) is 17.8 Å². The molecule has 0 amide bonds. The summed E-state index contributed by atoms with van der Waals surface area (Å²) in [6.07, 6.45) is 1.49. The number of Topliss-reactive ketones (excluding diaryl/α,β-unsaturated/α-hetero) is 1. The first-order valence-corrected chi connectivity index (χ1v) is 9.22. The van der Waals surface area contributed by atoms with Gasteiger partial charge in [-0.2, -0.15) is 5.10 Å². The predicted molar refractivity (Wildman–Crippen MR) is 114 cm³/mol. The molecule has 1 N–H and O–H groups in total. The number of rotatable bonds is 6. The molecule has 6 heteroatoms. The highest BCUT2D eigenvalue weighted by Crippen LogP contribution is 2.34. The van der Waals surface area contributed by atoms with E-state index in [1.54, 1.807) is 36.4 Å². The molecular formula is C22H17BrN2O3. The van der Waals surface area contributed by atoms with Crippen molar-refractivity contribution in [1.82, 2.24) is 0 Å². The van der Waals surface area contributed by atoms with E-state index in [1.165, 1.54) is 13.3 Å². The van der Waals surface area contributed by atoms with Crippen LogP contribution in [0.1, 0.15) is 21.5 Å². The van der Waals surface area contributed by atoms with Gasteiger partial charge >= 0.3 is 0 Å². The van der Waals surface area contributed by atoms with Gasteiger partial charge < -0.3 is 9.84 Å². The van der Waals surface area contributed by atoms with Gasteiger partial charge in [0.25, 0.3) is 0 Å². The van der Waals surface area contributed by atoms with Crippen molar-refractivity contribution in [3.8, 4) is 11.5 Å². The lowest BCUT2D eigenvalue weighted by Crippen LogP contribution is -2.15. The van der Waals surface area contributed by atoms with Gasteiger partial charge in [-0.15, -0.1) is 5.10 Å². The van der Waals surface area contributed by atoms with E-state index in [0.29, 0.717) is 26.9 Å². The Kier molecular flexibility index (Phi) is 6.34. The number of ketones is 1. The SMILES string of the molecule is COc1cc(/C=N/N=C(/C(=O)c2ccccc2)c2ccccc2)cc(Br)c1O. The average Bonchev–Trinajstić information content (AvgIpc) is 2.74. The molecule has 3 aromatic carbocycles. The fraction of sp³-hybridized carbons (Fsp3) is 0.0455. The van der Waals surface area contributed by atoms with E-state index < -0.39 is 0 Å². The molecule has 28 heavy (non-hydrogen) atoms. The number of phenolic OH excluding ortho intramolecular Hbond substituents is 1. The summed E-state index contributed by atoms with van der Waals surface area (Å²) in [6.45, 7) is 0. The number of benzene rings is 3. The summed E-state index contributed by atoms with van der Waals surface area (Å²) in [4.78, 5) is 12.9. The van der Waals surface area contributed by atoms with Crippen LogP contribution in [0.25, 0.3) is 0 Å². The lowest BCUT2D eigenvalue weighted by atomic mass is 10.0. The van der Waals surface area contributed by atoms with Gasteiger partial charge in [-0.1, -0.05) is 60.7 Å². The van der Waals surface area contributed by atoms with E-state index >= 15 is 0 Å². The molecule has 0 radical (unpaired) electrons. The number of hydrogen-bond acceptors (Lipinski definition) is 5. The molecule has 0 spiro atoms. The van der Waals surface area contributed by atoms with E-state index in [9.17, 15) is 9.90 Å². The Morgan fingerprint density at radius 3 is 2.21 bits per heavy atom. The van der Waals surface area contributed by atoms with E-state index in [0.717, 1.165) is 0 Å². The second kappa shape index (κ2) is 9.10. The molecule has 0 fully saturated rings. The Morgan fingerprint density at radius 1 is 1.00 bits per heavy atom. The Morgan fingerprint density at radius 2 is 1.61 bits per heavy atom. The van der Waals surface area contributed by atoms with Gasteiger partial charge in [0.1, 0.15) is 5.71 Å². The van der Waals surface area contributed by atoms with E-state index in [4.69, 9.17) is 4.74 Å². The van der Waals surface area contributed by atoms with Crippen LogP contribution in [-0.2, 0) is 0 Å². The van der Waals surface area contributed by atoms with E-state index in [1.807, 2.05) is 36.4 Å². The fourth-order valence-corrected chi connectivity index (χ4v) is 2.99. The van der Waals surface area contributed by atoms with Crippen LogP contribution in [0.4, 0.5) is 0 Å². The number of hydrogen-bond donors (Lipinski definition) is 1. The Labute approximate surface area is 171 Å². The van der Waals surface area contributed by atoms with Crippen molar-refractivity contribution < 1.29 is 14.6 Å². The molecule has 0 saturated carbocycles. The average molecular weight is 437 g/mol. The normalized spacial score (nSPS) is 11.6. The van der Waals surface area contributed by atoms with Crippen LogP contribution in [0, 0.1) is 0 Å². The van der Waals surface area contributed by atoms with Crippen LogP contribution >= 0.6 is 15.9 Å². The number of ether oxygens (including phenoxy) is 1. The Bertz CT molecular complexity index is 1030. The van der Waals surface area contributed by atoms with Crippen molar-refractivity contribution >= 4 is 33.6 Å². The second-order valence-corrected chi connectivity index (χ2v) is 6.66. The zero-order valence-electron chi connectivity index (χ0n) is 15.0. The van der Waals surface area contributed by atoms with Crippen LogP contribution < -0.4 is 4.74 Å². The third-order valence-electron chi connectivity index (χ3n) is 3.93. The van der Waals surface area contributed by atoms with Crippen molar-refractivity contribution in [3.63, 3.8) is 0 Å². The van der Waals surface area contributed by atoms with Gasteiger partial charge in [0, 0.05) is 11.1 Å². The largest absolute Gasteiger partial charge is 0.503 e. The molecule has 0 heterocycles. The summed E-state index contributed by atoms with van der Waals surface area (Å²) in [5, 5.41) is 18.2. The maximum absolute atomic E-state index is 12.9. The van der Waals surface area contributed by atoms with E-state index in [-0.39, 0.29) is 17.2 Å². The molecule has 0 unspecified atom stereocenters. The van der Waals surface area contributed by atoms with Crippen LogP contribution in [-0.4, -0.2) is 29.9 Å². The smallest absolute Gasteiger partial charge is 0.213 e. The lowest BCUT2D eigenvalue weighted by Gasteiger charge is -2.06. The molecular weight excluding hydrogens is 420 g/mol. The molecule has 140 valence electrons. The summed E-state index contributed by atoms with van der Waals surface area (Å²) in [5.41, 5.74) is 2.12. The topological polar surface area (TPSA) is 71.2 Å². The molecule has 3 rings (SSSR count). The lowest BCUT2D eigenvalue weighted by molar-refractivity contribution is 0.106. The van der Waals surface area contributed by atoms with E-state index in [2.05, 4.69) is 26.1 Å². The summed E-state index contributed by atoms with van der Waals surface area (Å²) < 4.78 is 5.60. The van der Waals surface area contributed by atoms with Crippen molar-refractivity contribution in [2.45, 2.75) is 0 Å². The van der Waals surface area contributed by atoms with Crippen molar-refractivity contribution in [2.75, 3.05) is 7.11 Å². The Balaban J connectivity index is 1.97. The highest BCUT2D eigenvalue weighted by Gasteiger charge is 2.16. The first kappa shape index (κ1) is 19.5. The van der Waals surface area contributed by atoms with Crippen LogP contribution in [0.2, 0.25) is 0 Å². The number of carbonyl (C=O) groups excluding carboxylic acids is 1. The second-order valence-electron chi connectivity index (χ2n) is 5.81. The maximum Gasteiger partial charge on any atom is 0.213 e. The van der Waals surface area contributed by atoms with Gasteiger partial charge in [-0.25, -0.2) is 0 Å². The predicted octanol–water partition coefficient (Wildman–Crippen LogP) is 4.87. The monoisotopic (exact) mass is 436 g/mol. The van der Waals surface area contributed by atoms with Crippen LogP contribution in [0.15, 0.2) is 87.5 Å². The molecule has 3 aromatic rings. The summed E-state index contributed by atoms with van der Waals surface area (Å²) >= 11 is 3.27. The van der Waals surface area contributed by atoms with Gasteiger partial charge in [-0.05, 0) is 33.6 Å². The summed E-state index contributed by atoms with van der Waals surface area (Å²) in [7, 11) is 1.46. The third kappa shape index (κ3) is 4.53. The first-order valence-electron chi connectivity index (χ1n) is 8.43. The fourth-order valence-electron chi connectivity index (χ4n) is 2.53. The summed E-state index contributed by atoms with van der Waals surface area (Å²) in [5.74, 6) is 0.101. The van der Waals surface area contributed by atoms with Gasteiger partial charge in [0.2, 0.25) is 5.78 Å². The molecule has 0 aliphatic rings. The number of aromatic hydroxyl groups is 1.